The maximum Gasteiger partial charge on any atom is 0.0166 e. The number of hydrogen-bond acceptors (Lipinski definition) is 2. The van der Waals surface area contributed by atoms with Crippen LogP contribution in [-0.4, -0.2) is 23.0 Å². The van der Waals surface area contributed by atoms with Crippen molar-refractivity contribution >= 4 is 23.5 Å². The number of rotatable bonds is 2. The van der Waals surface area contributed by atoms with E-state index in [1.54, 1.807) is 0 Å². The SMILES string of the molecule is CS[C@@H]1CC/C=C\CC[C@H]1SC. The van der Waals surface area contributed by atoms with Gasteiger partial charge >= 0.3 is 0 Å². The van der Waals surface area contributed by atoms with E-state index in [0.29, 0.717) is 0 Å². The fourth-order valence-electron chi connectivity index (χ4n) is 1.67. The predicted molar refractivity (Wildman–Crippen MR) is 62.2 cm³/mol. The van der Waals surface area contributed by atoms with Crippen LogP contribution < -0.4 is 0 Å². The topological polar surface area (TPSA) is 0 Å². The fraction of sp³-hybridized carbons (Fsp3) is 0.800. The summed E-state index contributed by atoms with van der Waals surface area (Å²) in [5.41, 5.74) is 0. The van der Waals surface area contributed by atoms with Crippen molar-refractivity contribution in [2.75, 3.05) is 12.5 Å². The fourth-order valence-corrected chi connectivity index (χ4v) is 3.96. The summed E-state index contributed by atoms with van der Waals surface area (Å²) in [6.07, 6.45) is 14.5. The van der Waals surface area contributed by atoms with Crippen LogP contribution in [0.1, 0.15) is 25.7 Å². The first-order chi connectivity index (χ1) is 5.88. The third-order valence-electron chi connectivity index (χ3n) is 2.42. The largest absolute Gasteiger partial charge is 0.161 e. The second-order valence-electron chi connectivity index (χ2n) is 3.17. The molecule has 0 N–H and O–H groups in total. The first-order valence-electron chi connectivity index (χ1n) is 4.59. The molecule has 0 unspecified atom stereocenters. The van der Waals surface area contributed by atoms with Gasteiger partial charge in [-0.25, -0.2) is 0 Å². The molecule has 1 rings (SSSR count). The Labute approximate surface area is 84.6 Å². The molecule has 1 aliphatic rings. The molecule has 0 spiro atoms. The Morgan fingerprint density at radius 2 is 1.33 bits per heavy atom. The van der Waals surface area contributed by atoms with Crippen molar-refractivity contribution in [3.8, 4) is 0 Å². The second-order valence-corrected chi connectivity index (χ2v) is 5.33. The van der Waals surface area contributed by atoms with E-state index in [1.807, 2.05) is 23.5 Å². The van der Waals surface area contributed by atoms with Gasteiger partial charge in [0.05, 0.1) is 0 Å². The van der Waals surface area contributed by atoms with E-state index < -0.39 is 0 Å². The van der Waals surface area contributed by atoms with Crippen molar-refractivity contribution in [3.63, 3.8) is 0 Å². The highest BCUT2D eigenvalue weighted by Gasteiger charge is 2.19. The molecule has 1 aliphatic carbocycles. The number of thioether (sulfide) groups is 2. The summed E-state index contributed by atoms with van der Waals surface area (Å²) >= 11 is 4.09. The van der Waals surface area contributed by atoms with E-state index in [0.717, 1.165) is 10.5 Å². The first kappa shape index (κ1) is 10.5. The van der Waals surface area contributed by atoms with Crippen LogP contribution in [0.25, 0.3) is 0 Å². The van der Waals surface area contributed by atoms with Crippen LogP contribution in [0.4, 0.5) is 0 Å². The van der Waals surface area contributed by atoms with Gasteiger partial charge in [0, 0.05) is 10.5 Å². The van der Waals surface area contributed by atoms with E-state index in [9.17, 15) is 0 Å². The Balaban J connectivity index is 2.48. The third-order valence-corrected chi connectivity index (χ3v) is 4.93. The van der Waals surface area contributed by atoms with Crippen LogP contribution >= 0.6 is 23.5 Å². The van der Waals surface area contributed by atoms with Crippen molar-refractivity contribution in [3.05, 3.63) is 12.2 Å². The molecule has 0 bridgehead atoms. The standard InChI is InChI=1S/C10H18S2/c1-11-9-7-5-3-4-6-8-10(9)12-2/h3-4,9-10H,5-8H2,1-2H3/b4-3-/t9-,10-/m1/s1. The Hall–Kier alpha value is 0.440. The summed E-state index contributed by atoms with van der Waals surface area (Å²) in [6.45, 7) is 0. The molecule has 0 fully saturated rings. The molecule has 0 radical (unpaired) electrons. The summed E-state index contributed by atoms with van der Waals surface area (Å²) in [4.78, 5) is 0. The van der Waals surface area contributed by atoms with Crippen molar-refractivity contribution in [1.29, 1.82) is 0 Å². The van der Waals surface area contributed by atoms with Crippen LogP contribution in [0.2, 0.25) is 0 Å². The molecule has 0 nitrogen and oxygen atoms in total. The van der Waals surface area contributed by atoms with Crippen molar-refractivity contribution in [1.82, 2.24) is 0 Å². The zero-order chi connectivity index (χ0) is 8.81. The van der Waals surface area contributed by atoms with E-state index in [4.69, 9.17) is 0 Å². The summed E-state index contributed by atoms with van der Waals surface area (Å²) in [5.74, 6) is 0. The lowest BCUT2D eigenvalue weighted by molar-refractivity contribution is 0.670. The highest BCUT2D eigenvalue weighted by molar-refractivity contribution is 8.03. The first-order valence-corrected chi connectivity index (χ1v) is 7.16. The number of hydrogen-bond donors (Lipinski definition) is 0. The minimum atomic E-state index is 0.880. The van der Waals surface area contributed by atoms with Crippen LogP contribution in [0.5, 0.6) is 0 Å². The zero-order valence-electron chi connectivity index (χ0n) is 7.95. The summed E-state index contributed by atoms with van der Waals surface area (Å²) in [5, 5.41) is 1.76. The normalized spacial score (nSPS) is 33.8. The Morgan fingerprint density at radius 1 is 0.917 bits per heavy atom. The molecule has 0 amide bonds. The average Bonchev–Trinajstić information content (AvgIpc) is 2.05. The molecule has 0 heterocycles. The van der Waals surface area contributed by atoms with E-state index in [1.165, 1.54) is 25.7 Å². The second kappa shape index (κ2) is 5.98. The van der Waals surface area contributed by atoms with Gasteiger partial charge in [0.2, 0.25) is 0 Å². The molecule has 0 saturated carbocycles. The van der Waals surface area contributed by atoms with Gasteiger partial charge in [-0.1, -0.05) is 12.2 Å². The van der Waals surface area contributed by atoms with Gasteiger partial charge in [-0.05, 0) is 38.2 Å². The molecular formula is C10H18S2. The molecule has 0 saturated heterocycles. The van der Waals surface area contributed by atoms with Gasteiger partial charge in [-0.3, -0.25) is 0 Å². The quantitative estimate of drug-likeness (QED) is 0.628. The van der Waals surface area contributed by atoms with Crippen molar-refractivity contribution in [2.24, 2.45) is 0 Å². The average molecular weight is 202 g/mol. The lowest BCUT2D eigenvalue weighted by Crippen LogP contribution is -2.20. The lowest BCUT2D eigenvalue weighted by atomic mass is 10.1. The monoisotopic (exact) mass is 202 g/mol. The highest BCUT2D eigenvalue weighted by atomic mass is 32.2. The highest BCUT2D eigenvalue weighted by Crippen LogP contribution is 2.30. The molecule has 0 aromatic rings. The molecule has 70 valence electrons. The summed E-state index contributed by atoms with van der Waals surface area (Å²) in [6, 6.07) is 0. The Bertz CT molecular complexity index is 127. The molecular weight excluding hydrogens is 184 g/mol. The Kier molecular flexibility index (Phi) is 5.24. The molecule has 2 heteroatoms. The number of allylic oxidation sites excluding steroid dienone is 2. The van der Waals surface area contributed by atoms with Crippen LogP contribution in [0.3, 0.4) is 0 Å². The van der Waals surface area contributed by atoms with E-state index >= 15 is 0 Å². The Morgan fingerprint density at radius 3 is 1.67 bits per heavy atom. The third kappa shape index (κ3) is 3.06. The molecule has 2 atom stereocenters. The predicted octanol–water partition coefficient (Wildman–Crippen LogP) is 3.58. The van der Waals surface area contributed by atoms with Gasteiger partial charge in [0.1, 0.15) is 0 Å². The van der Waals surface area contributed by atoms with Crippen molar-refractivity contribution < 1.29 is 0 Å². The minimum Gasteiger partial charge on any atom is -0.161 e. The lowest BCUT2D eigenvalue weighted by Gasteiger charge is -2.24. The van der Waals surface area contributed by atoms with Crippen LogP contribution in [-0.2, 0) is 0 Å². The van der Waals surface area contributed by atoms with E-state index in [2.05, 4.69) is 24.7 Å². The van der Waals surface area contributed by atoms with Gasteiger partial charge in [-0.2, -0.15) is 23.5 Å². The van der Waals surface area contributed by atoms with Crippen molar-refractivity contribution in [2.45, 2.75) is 36.2 Å². The van der Waals surface area contributed by atoms with Gasteiger partial charge < -0.3 is 0 Å². The summed E-state index contributed by atoms with van der Waals surface area (Å²) < 4.78 is 0. The molecule has 0 aliphatic heterocycles. The summed E-state index contributed by atoms with van der Waals surface area (Å²) in [7, 11) is 0. The maximum atomic E-state index is 2.35. The molecule has 0 aromatic carbocycles. The van der Waals surface area contributed by atoms with Gasteiger partial charge in [0.15, 0.2) is 0 Å². The van der Waals surface area contributed by atoms with Gasteiger partial charge in [0.25, 0.3) is 0 Å². The van der Waals surface area contributed by atoms with Gasteiger partial charge in [-0.15, -0.1) is 0 Å². The molecule has 0 aromatic heterocycles. The van der Waals surface area contributed by atoms with Crippen LogP contribution in [0, 0.1) is 0 Å². The zero-order valence-corrected chi connectivity index (χ0v) is 9.59. The molecule has 12 heavy (non-hydrogen) atoms. The smallest absolute Gasteiger partial charge is 0.0166 e. The minimum absolute atomic E-state index is 0.880. The van der Waals surface area contributed by atoms with E-state index in [-0.39, 0.29) is 0 Å². The maximum absolute atomic E-state index is 2.35. The van der Waals surface area contributed by atoms with Crippen LogP contribution in [0.15, 0.2) is 12.2 Å².